The van der Waals surface area contributed by atoms with Crippen molar-refractivity contribution in [2.75, 3.05) is 24.2 Å². The summed E-state index contributed by atoms with van der Waals surface area (Å²) in [6.07, 6.45) is 2.60. The van der Waals surface area contributed by atoms with E-state index in [4.69, 9.17) is 27.9 Å². The Balaban J connectivity index is 2.14. The number of halogens is 2. The van der Waals surface area contributed by atoms with E-state index >= 15 is 0 Å². The number of carbonyl (C=O) groups is 1. The molecule has 0 aliphatic carbocycles. The lowest BCUT2D eigenvalue weighted by atomic mass is 10.0. The number of aromatic nitrogens is 3. The van der Waals surface area contributed by atoms with E-state index in [9.17, 15) is 13.2 Å². The van der Waals surface area contributed by atoms with Crippen molar-refractivity contribution in [3.63, 3.8) is 0 Å². The molecule has 0 fully saturated rings. The van der Waals surface area contributed by atoms with E-state index in [1.54, 1.807) is 43.5 Å². The summed E-state index contributed by atoms with van der Waals surface area (Å²) < 4.78 is 32.2. The highest BCUT2D eigenvalue weighted by Crippen LogP contribution is 2.38. The predicted molar refractivity (Wildman–Crippen MR) is 133 cm³/mol. The van der Waals surface area contributed by atoms with Crippen LogP contribution in [0.3, 0.4) is 0 Å². The fourth-order valence-corrected chi connectivity index (χ4v) is 4.31. The number of benzene rings is 2. The normalized spacial score (nSPS) is 11.6. The molecule has 2 aromatic heterocycles. The molecule has 34 heavy (non-hydrogen) atoms. The van der Waals surface area contributed by atoms with Crippen molar-refractivity contribution in [3.8, 4) is 22.4 Å². The highest BCUT2D eigenvalue weighted by atomic mass is 35.5. The third-order valence-electron chi connectivity index (χ3n) is 5.18. The minimum atomic E-state index is -3.74. The molecule has 176 valence electrons. The molecule has 0 bridgehead atoms. The maximum absolute atomic E-state index is 12.9. The fourth-order valence-electron chi connectivity index (χ4n) is 3.50. The highest BCUT2D eigenvalue weighted by Gasteiger charge is 2.30. The van der Waals surface area contributed by atoms with Gasteiger partial charge in [0.25, 0.3) is 0 Å². The quantitative estimate of drug-likeness (QED) is 0.335. The molecule has 4 aromatic rings. The first-order chi connectivity index (χ1) is 16.1. The van der Waals surface area contributed by atoms with E-state index in [1.807, 2.05) is 18.2 Å². The molecule has 0 amide bonds. The second kappa shape index (κ2) is 9.25. The van der Waals surface area contributed by atoms with Crippen molar-refractivity contribution in [1.29, 1.82) is 0 Å². The Hall–Kier alpha value is -3.14. The molecule has 0 unspecified atom stereocenters. The maximum Gasteiger partial charge on any atom is 0.345 e. The summed E-state index contributed by atoms with van der Waals surface area (Å²) in [5, 5.41) is 5.55. The molecule has 0 aliphatic rings. The van der Waals surface area contributed by atoms with Crippen LogP contribution in [-0.2, 0) is 14.8 Å². The summed E-state index contributed by atoms with van der Waals surface area (Å²) in [5.41, 5.74) is 2.66. The molecule has 0 aliphatic heterocycles. The minimum Gasteiger partial charge on any atom is -0.462 e. The molecule has 0 saturated heterocycles. The van der Waals surface area contributed by atoms with Crippen molar-refractivity contribution in [1.82, 2.24) is 14.6 Å². The summed E-state index contributed by atoms with van der Waals surface area (Å²) in [6, 6.07) is 14.3. The highest BCUT2D eigenvalue weighted by molar-refractivity contribution is 7.92. The van der Waals surface area contributed by atoms with Crippen LogP contribution in [0.1, 0.15) is 17.3 Å². The summed E-state index contributed by atoms with van der Waals surface area (Å²) in [5.74, 6) is -0.831. The summed E-state index contributed by atoms with van der Waals surface area (Å²) in [6.45, 7) is 1.76. The summed E-state index contributed by atoms with van der Waals surface area (Å²) in [4.78, 5) is 17.4. The lowest BCUT2D eigenvalue weighted by Gasteiger charge is -2.14. The van der Waals surface area contributed by atoms with Crippen LogP contribution >= 0.6 is 23.2 Å². The van der Waals surface area contributed by atoms with Crippen LogP contribution in [0.2, 0.25) is 10.0 Å². The van der Waals surface area contributed by atoms with Gasteiger partial charge in [-0.15, -0.1) is 5.10 Å². The number of rotatable bonds is 6. The Labute approximate surface area is 206 Å². The first-order valence-corrected chi connectivity index (χ1v) is 12.8. The molecule has 0 saturated carbocycles. The van der Waals surface area contributed by atoms with Gasteiger partial charge in [0.1, 0.15) is 5.56 Å². The largest absolute Gasteiger partial charge is 0.462 e. The van der Waals surface area contributed by atoms with Gasteiger partial charge in [-0.25, -0.2) is 22.7 Å². The van der Waals surface area contributed by atoms with Crippen LogP contribution in [0.4, 0.5) is 5.82 Å². The minimum absolute atomic E-state index is 0.0595. The van der Waals surface area contributed by atoms with Crippen LogP contribution in [0.5, 0.6) is 0 Å². The maximum atomic E-state index is 12.9. The summed E-state index contributed by atoms with van der Waals surface area (Å²) >= 11 is 12.6. The zero-order valence-corrected chi connectivity index (χ0v) is 20.8. The average Bonchev–Trinajstić information content (AvgIpc) is 3.18. The number of hydrogen-bond acceptors (Lipinski definition) is 6. The van der Waals surface area contributed by atoms with Crippen molar-refractivity contribution >= 4 is 50.7 Å². The number of carbonyl (C=O) groups excluding carboxylic acids is 1. The topological polar surface area (TPSA) is 93.9 Å². The van der Waals surface area contributed by atoms with E-state index in [-0.39, 0.29) is 23.6 Å². The van der Waals surface area contributed by atoms with Crippen molar-refractivity contribution < 1.29 is 17.9 Å². The smallest absolute Gasteiger partial charge is 0.345 e. The van der Waals surface area contributed by atoms with E-state index < -0.39 is 16.0 Å². The number of hydrogen-bond donors (Lipinski definition) is 0. The number of esters is 1. The predicted octanol–water partition coefficient (Wildman–Crippen LogP) is 4.94. The monoisotopic (exact) mass is 518 g/mol. The molecule has 0 spiro atoms. The van der Waals surface area contributed by atoms with E-state index in [0.717, 1.165) is 10.6 Å². The van der Waals surface area contributed by atoms with Crippen LogP contribution < -0.4 is 4.31 Å². The first kappa shape index (κ1) is 24.0. The number of anilines is 1. The van der Waals surface area contributed by atoms with Gasteiger partial charge in [0, 0.05) is 40.0 Å². The van der Waals surface area contributed by atoms with Gasteiger partial charge < -0.3 is 4.74 Å². The standard InChI is InChI=1S/C23H20Cl2N4O4S/c1-4-33-23(30)19-21-26-13-17(16-7-5-6-8-18(16)25)20(14-9-11-15(24)12-10-14)29(21)27-22(19)28(2)34(3,31)32/h5-13H,4H2,1-3H3. The summed E-state index contributed by atoms with van der Waals surface area (Å²) in [7, 11) is -2.43. The van der Waals surface area contributed by atoms with E-state index in [2.05, 4.69) is 10.1 Å². The molecular formula is C23H20Cl2N4O4S. The third kappa shape index (κ3) is 4.34. The Bertz CT molecular complexity index is 1500. The number of sulfonamides is 1. The Morgan fingerprint density at radius 1 is 1.09 bits per heavy atom. The average molecular weight is 519 g/mol. The van der Waals surface area contributed by atoms with Gasteiger partial charge >= 0.3 is 5.97 Å². The van der Waals surface area contributed by atoms with Gasteiger partial charge in [-0.05, 0) is 25.1 Å². The molecule has 2 heterocycles. The molecular weight excluding hydrogens is 499 g/mol. The molecule has 0 atom stereocenters. The van der Waals surface area contributed by atoms with Crippen LogP contribution in [-0.4, -0.2) is 48.9 Å². The van der Waals surface area contributed by atoms with Gasteiger partial charge in [-0.2, -0.15) is 0 Å². The van der Waals surface area contributed by atoms with Crippen LogP contribution in [0.25, 0.3) is 28.0 Å². The number of ether oxygens (including phenoxy) is 1. The van der Waals surface area contributed by atoms with Crippen molar-refractivity contribution in [3.05, 3.63) is 70.3 Å². The van der Waals surface area contributed by atoms with Gasteiger partial charge in [-0.1, -0.05) is 53.5 Å². The van der Waals surface area contributed by atoms with E-state index in [0.29, 0.717) is 32.4 Å². The third-order valence-corrected chi connectivity index (χ3v) is 6.93. The zero-order chi connectivity index (χ0) is 24.6. The zero-order valence-electron chi connectivity index (χ0n) is 18.5. The second-order valence-corrected chi connectivity index (χ2v) is 10.2. The Kier molecular flexibility index (Phi) is 6.53. The molecule has 8 nitrogen and oxygen atoms in total. The molecule has 0 radical (unpaired) electrons. The van der Waals surface area contributed by atoms with Crippen molar-refractivity contribution in [2.24, 2.45) is 0 Å². The molecule has 4 rings (SSSR count). The number of fused-ring (bicyclic) bond motifs is 1. The lowest BCUT2D eigenvalue weighted by Crippen LogP contribution is -2.27. The number of nitrogens with zero attached hydrogens (tertiary/aromatic N) is 4. The molecule has 2 aromatic carbocycles. The van der Waals surface area contributed by atoms with Gasteiger partial charge in [-0.3, -0.25) is 4.31 Å². The van der Waals surface area contributed by atoms with Gasteiger partial charge in [0.15, 0.2) is 11.5 Å². The molecule has 11 heteroatoms. The molecule has 0 N–H and O–H groups in total. The van der Waals surface area contributed by atoms with Gasteiger partial charge in [0.05, 0.1) is 18.6 Å². The lowest BCUT2D eigenvalue weighted by molar-refractivity contribution is 0.0529. The second-order valence-electron chi connectivity index (χ2n) is 7.39. The fraction of sp³-hybridized carbons (Fsp3) is 0.174. The van der Waals surface area contributed by atoms with E-state index in [1.165, 1.54) is 11.6 Å². The Morgan fingerprint density at radius 3 is 2.38 bits per heavy atom. The van der Waals surface area contributed by atoms with Crippen LogP contribution in [0.15, 0.2) is 54.7 Å². The SMILES string of the molecule is CCOC(=O)c1c(N(C)S(C)(=O)=O)nn2c(-c3ccc(Cl)cc3)c(-c3ccccc3Cl)cnc12. The van der Waals surface area contributed by atoms with Gasteiger partial charge in [0.2, 0.25) is 10.0 Å². The first-order valence-electron chi connectivity index (χ1n) is 10.2. The van der Waals surface area contributed by atoms with Crippen molar-refractivity contribution in [2.45, 2.75) is 6.92 Å². The Morgan fingerprint density at radius 2 is 1.76 bits per heavy atom. The van der Waals surface area contributed by atoms with Crippen LogP contribution in [0, 0.1) is 0 Å².